The fraction of sp³-hybridized carbons (Fsp3) is 0.333. The first-order chi connectivity index (χ1) is 11.4. The topological polar surface area (TPSA) is 78.3 Å². The number of carbonyl (C=O) groups is 2. The molecule has 2 rings (SSSR count). The number of ketones is 1. The molecule has 24 heavy (non-hydrogen) atoms. The van der Waals surface area contributed by atoms with E-state index >= 15 is 0 Å². The number of hydrogen-bond acceptors (Lipinski definition) is 5. The summed E-state index contributed by atoms with van der Waals surface area (Å²) in [6, 6.07) is 8.87. The minimum Gasteiger partial charge on any atom is -0.466 e. The lowest BCUT2D eigenvalue weighted by Gasteiger charge is -2.08. The Morgan fingerprint density at radius 1 is 1.12 bits per heavy atom. The number of rotatable bonds is 6. The van der Waals surface area contributed by atoms with Crippen molar-refractivity contribution in [2.75, 3.05) is 6.61 Å². The van der Waals surface area contributed by atoms with Crippen molar-refractivity contribution in [1.82, 2.24) is 9.78 Å². The molecule has 0 atom stereocenters. The Hall–Kier alpha value is -2.76. The van der Waals surface area contributed by atoms with E-state index in [0.29, 0.717) is 5.69 Å². The Kier molecular flexibility index (Phi) is 5.63. The first kappa shape index (κ1) is 17.6. The molecule has 0 N–H and O–H groups in total. The van der Waals surface area contributed by atoms with Gasteiger partial charge in [0.1, 0.15) is 13.0 Å². The molecule has 0 bridgehead atoms. The second-order valence-electron chi connectivity index (χ2n) is 5.53. The van der Waals surface area contributed by atoms with Crippen LogP contribution in [0, 0.1) is 13.8 Å². The van der Waals surface area contributed by atoms with Gasteiger partial charge in [0.15, 0.2) is 5.78 Å². The average molecular weight is 328 g/mol. The van der Waals surface area contributed by atoms with Crippen LogP contribution in [0.25, 0.3) is 11.3 Å². The van der Waals surface area contributed by atoms with E-state index < -0.39 is 11.8 Å². The number of hydrogen-bond donors (Lipinski definition) is 0. The molecule has 0 fully saturated rings. The fourth-order valence-electron chi connectivity index (χ4n) is 2.21. The van der Waals surface area contributed by atoms with Gasteiger partial charge in [-0.1, -0.05) is 12.1 Å². The zero-order valence-corrected chi connectivity index (χ0v) is 14.0. The van der Waals surface area contributed by atoms with Gasteiger partial charge in [0.2, 0.25) is 0 Å². The largest absolute Gasteiger partial charge is 0.466 e. The molecule has 2 aromatic rings. The van der Waals surface area contributed by atoms with E-state index in [-0.39, 0.29) is 25.1 Å². The van der Waals surface area contributed by atoms with Crippen LogP contribution in [0.15, 0.2) is 35.1 Å². The first-order valence-corrected chi connectivity index (χ1v) is 7.74. The van der Waals surface area contributed by atoms with Gasteiger partial charge < -0.3 is 4.74 Å². The highest BCUT2D eigenvalue weighted by Crippen LogP contribution is 2.19. The van der Waals surface area contributed by atoms with Crippen LogP contribution in [0.4, 0.5) is 0 Å². The number of ether oxygens (including phenoxy) is 1. The van der Waals surface area contributed by atoms with Crippen LogP contribution < -0.4 is 5.56 Å². The lowest BCUT2D eigenvalue weighted by Crippen LogP contribution is -2.27. The smallest absolute Gasteiger partial charge is 0.313 e. The lowest BCUT2D eigenvalue weighted by molar-refractivity contribution is -0.145. The number of benzene rings is 1. The van der Waals surface area contributed by atoms with E-state index in [1.165, 1.54) is 6.07 Å². The van der Waals surface area contributed by atoms with Crippen molar-refractivity contribution >= 4 is 11.8 Å². The normalized spacial score (nSPS) is 10.5. The minimum atomic E-state index is -0.596. The minimum absolute atomic E-state index is 0.215. The molecule has 0 amide bonds. The van der Waals surface area contributed by atoms with Crippen molar-refractivity contribution in [3.63, 3.8) is 0 Å². The summed E-state index contributed by atoms with van der Waals surface area (Å²) in [5, 5.41) is 4.24. The van der Waals surface area contributed by atoms with Gasteiger partial charge in [0.25, 0.3) is 5.56 Å². The van der Waals surface area contributed by atoms with Crippen LogP contribution in [0.2, 0.25) is 0 Å². The molecule has 0 saturated heterocycles. The molecular formula is C18H20N2O4. The molecule has 0 aliphatic heterocycles. The highest BCUT2D eigenvalue weighted by atomic mass is 16.5. The molecule has 0 aliphatic rings. The van der Waals surface area contributed by atoms with E-state index in [4.69, 9.17) is 4.74 Å². The summed E-state index contributed by atoms with van der Waals surface area (Å²) in [5.41, 5.74) is 3.35. The number of Topliss-reactive ketones (excluding diaryl/α,β-unsaturated/α-hetero) is 1. The molecule has 0 unspecified atom stereocenters. The van der Waals surface area contributed by atoms with Gasteiger partial charge in [0, 0.05) is 11.6 Å². The van der Waals surface area contributed by atoms with E-state index in [9.17, 15) is 14.4 Å². The predicted molar refractivity (Wildman–Crippen MR) is 89.7 cm³/mol. The molecule has 0 radical (unpaired) electrons. The van der Waals surface area contributed by atoms with Gasteiger partial charge in [0.05, 0.1) is 12.3 Å². The van der Waals surface area contributed by atoms with Crippen molar-refractivity contribution < 1.29 is 14.3 Å². The molecule has 0 aliphatic carbocycles. The lowest BCUT2D eigenvalue weighted by atomic mass is 10.0. The number of carbonyl (C=O) groups excluding carboxylic acids is 2. The van der Waals surface area contributed by atoms with E-state index in [1.807, 2.05) is 32.0 Å². The van der Waals surface area contributed by atoms with E-state index in [2.05, 4.69) is 5.10 Å². The van der Waals surface area contributed by atoms with E-state index in [0.717, 1.165) is 21.4 Å². The summed E-state index contributed by atoms with van der Waals surface area (Å²) in [6.45, 7) is 5.64. The Morgan fingerprint density at radius 2 is 1.88 bits per heavy atom. The maximum atomic E-state index is 11.9. The molecule has 6 nitrogen and oxygen atoms in total. The van der Waals surface area contributed by atoms with Gasteiger partial charge in [-0.2, -0.15) is 5.10 Å². The third-order valence-corrected chi connectivity index (χ3v) is 3.64. The Morgan fingerprint density at radius 3 is 2.54 bits per heavy atom. The average Bonchev–Trinajstić information content (AvgIpc) is 2.52. The molecular weight excluding hydrogens is 308 g/mol. The van der Waals surface area contributed by atoms with Gasteiger partial charge >= 0.3 is 5.97 Å². The molecule has 1 aromatic carbocycles. The van der Waals surface area contributed by atoms with Crippen LogP contribution in [0.5, 0.6) is 0 Å². The van der Waals surface area contributed by atoms with Gasteiger partial charge in [-0.15, -0.1) is 0 Å². The Bertz CT molecular complexity index is 824. The number of aromatic nitrogens is 2. The predicted octanol–water partition coefficient (Wildman–Crippen LogP) is 2.05. The number of esters is 1. The summed E-state index contributed by atoms with van der Waals surface area (Å²) >= 11 is 0. The Labute approximate surface area is 140 Å². The molecule has 0 spiro atoms. The summed E-state index contributed by atoms with van der Waals surface area (Å²) in [5.74, 6) is -1.01. The van der Waals surface area contributed by atoms with Crippen LogP contribution in [0.1, 0.15) is 24.5 Å². The standard InChI is InChI=1S/C18H20N2O4/c1-4-24-18(23)10-15(21)11-20-17(22)8-7-16(19-20)14-6-5-12(2)13(3)9-14/h5-9H,4,10-11H2,1-3H3. The highest BCUT2D eigenvalue weighted by Gasteiger charge is 2.13. The quantitative estimate of drug-likeness (QED) is 0.599. The van der Waals surface area contributed by atoms with E-state index in [1.54, 1.807) is 13.0 Å². The SMILES string of the molecule is CCOC(=O)CC(=O)Cn1nc(-c2ccc(C)c(C)c2)ccc1=O. The summed E-state index contributed by atoms with van der Waals surface area (Å²) in [4.78, 5) is 35.1. The van der Waals surface area contributed by atoms with Crippen molar-refractivity contribution in [1.29, 1.82) is 0 Å². The molecule has 126 valence electrons. The third kappa shape index (κ3) is 4.38. The summed E-state index contributed by atoms with van der Waals surface area (Å²) in [6.07, 6.45) is -0.365. The second kappa shape index (κ2) is 7.68. The van der Waals surface area contributed by atoms with Crippen molar-refractivity contribution in [2.24, 2.45) is 0 Å². The third-order valence-electron chi connectivity index (χ3n) is 3.64. The molecule has 1 aromatic heterocycles. The maximum absolute atomic E-state index is 11.9. The molecule has 1 heterocycles. The maximum Gasteiger partial charge on any atom is 0.313 e. The summed E-state index contributed by atoms with van der Waals surface area (Å²) in [7, 11) is 0. The second-order valence-corrected chi connectivity index (χ2v) is 5.53. The van der Waals surface area contributed by atoms with Crippen LogP contribution in [-0.2, 0) is 20.9 Å². The van der Waals surface area contributed by atoms with Crippen LogP contribution in [0.3, 0.4) is 0 Å². The zero-order chi connectivity index (χ0) is 17.7. The highest BCUT2D eigenvalue weighted by molar-refractivity contribution is 5.95. The van der Waals surface area contributed by atoms with Crippen LogP contribution in [-0.4, -0.2) is 28.1 Å². The Balaban J connectivity index is 2.22. The van der Waals surface area contributed by atoms with Crippen molar-refractivity contribution in [3.8, 4) is 11.3 Å². The van der Waals surface area contributed by atoms with Crippen molar-refractivity contribution in [2.45, 2.75) is 33.7 Å². The number of nitrogens with zero attached hydrogens (tertiary/aromatic N) is 2. The zero-order valence-electron chi connectivity index (χ0n) is 14.0. The first-order valence-electron chi connectivity index (χ1n) is 7.74. The fourth-order valence-corrected chi connectivity index (χ4v) is 2.21. The molecule has 6 heteroatoms. The van der Waals surface area contributed by atoms with Crippen molar-refractivity contribution in [3.05, 3.63) is 51.8 Å². The molecule has 0 saturated carbocycles. The van der Waals surface area contributed by atoms with Gasteiger partial charge in [-0.3, -0.25) is 14.4 Å². The van der Waals surface area contributed by atoms with Gasteiger partial charge in [-0.25, -0.2) is 4.68 Å². The monoisotopic (exact) mass is 328 g/mol. The van der Waals surface area contributed by atoms with Crippen LogP contribution >= 0.6 is 0 Å². The van der Waals surface area contributed by atoms with Gasteiger partial charge in [-0.05, 0) is 44.0 Å². The summed E-state index contributed by atoms with van der Waals surface area (Å²) < 4.78 is 5.81. The number of aryl methyl sites for hydroxylation is 2.